The van der Waals surface area contributed by atoms with Crippen LogP contribution in [0.25, 0.3) is 28.0 Å². The van der Waals surface area contributed by atoms with Crippen molar-refractivity contribution in [3.05, 3.63) is 69.9 Å². The second-order valence-corrected chi connectivity index (χ2v) is 12.3. The zero-order valence-electron chi connectivity index (χ0n) is 25.6. The molecule has 45 heavy (non-hydrogen) atoms. The van der Waals surface area contributed by atoms with Gasteiger partial charge in [0.1, 0.15) is 46.4 Å². The Bertz CT molecular complexity index is 1880. The minimum Gasteiger partial charge on any atom is -0.507 e. The summed E-state index contributed by atoms with van der Waals surface area (Å²) < 4.78 is 23.1. The van der Waals surface area contributed by atoms with Crippen molar-refractivity contribution in [1.29, 1.82) is 0 Å². The van der Waals surface area contributed by atoms with Crippen molar-refractivity contribution in [2.24, 2.45) is 0 Å². The third kappa shape index (κ3) is 4.87. The first-order valence-electron chi connectivity index (χ1n) is 14.8. The fourth-order valence-electron chi connectivity index (χ4n) is 6.16. The molecule has 2 aliphatic rings. The van der Waals surface area contributed by atoms with Crippen LogP contribution in [0.15, 0.2) is 42.0 Å². The number of fused-ring (bicyclic) bond motifs is 2. The Morgan fingerprint density at radius 2 is 1.84 bits per heavy atom. The quantitative estimate of drug-likeness (QED) is 0.303. The number of carbonyl (C=O) groups is 1. The van der Waals surface area contributed by atoms with Gasteiger partial charge in [-0.25, -0.2) is 28.7 Å². The van der Waals surface area contributed by atoms with Crippen LogP contribution in [-0.4, -0.2) is 72.2 Å². The van der Waals surface area contributed by atoms with Crippen LogP contribution < -0.4 is 15.3 Å². The van der Waals surface area contributed by atoms with Gasteiger partial charge in [-0.3, -0.25) is 4.79 Å². The second kappa shape index (κ2) is 11.4. The molecule has 1 saturated heterocycles. The lowest BCUT2D eigenvalue weighted by molar-refractivity contribution is -0.129. The van der Waals surface area contributed by atoms with Gasteiger partial charge in [-0.15, -0.1) is 0 Å². The van der Waals surface area contributed by atoms with Gasteiger partial charge in [-0.05, 0) is 37.0 Å². The number of benzene rings is 1. The fraction of sp³-hybridized carbons (Fsp3) is 0.375. The van der Waals surface area contributed by atoms with Gasteiger partial charge >= 0.3 is 5.69 Å². The van der Waals surface area contributed by atoms with Gasteiger partial charge in [0.2, 0.25) is 5.91 Å². The zero-order valence-corrected chi connectivity index (χ0v) is 26.3. The lowest BCUT2D eigenvalue weighted by Gasteiger charge is -2.44. The first kappa shape index (κ1) is 30.4. The molecule has 0 bridgehead atoms. The van der Waals surface area contributed by atoms with Crippen LogP contribution in [0.2, 0.25) is 5.02 Å². The van der Waals surface area contributed by atoms with Crippen molar-refractivity contribution in [3.63, 3.8) is 0 Å². The summed E-state index contributed by atoms with van der Waals surface area (Å²) in [5.74, 6) is -1.17. The number of carbonyl (C=O) groups excluding carboxylic acids is 1. The molecule has 1 fully saturated rings. The number of halogens is 2. The zero-order chi connectivity index (χ0) is 32.3. The molecule has 0 radical (unpaired) electrons. The summed E-state index contributed by atoms with van der Waals surface area (Å²) in [6.45, 7) is 14.0. The lowest BCUT2D eigenvalue weighted by atomic mass is 10.0. The Hall–Kier alpha value is -4.58. The highest BCUT2D eigenvalue weighted by atomic mass is 35.5. The van der Waals surface area contributed by atoms with Gasteiger partial charge in [-0.1, -0.05) is 51.9 Å². The van der Waals surface area contributed by atoms with E-state index >= 15 is 4.39 Å². The van der Waals surface area contributed by atoms with Gasteiger partial charge in [0, 0.05) is 19.1 Å². The minimum absolute atomic E-state index is 0.0550. The van der Waals surface area contributed by atoms with E-state index < -0.39 is 17.5 Å². The number of piperazine rings is 1. The predicted octanol–water partition coefficient (Wildman–Crippen LogP) is 4.97. The predicted molar refractivity (Wildman–Crippen MR) is 169 cm³/mol. The van der Waals surface area contributed by atoms with E-state index in [1.807, 2.05) is 39.5 Å². The Balaban J connectivity index is 1.74. The van der Waals surface area contributed by atoms with Crippen molar-refractivity contribution >= 4 is 34.4 Å². The Labute approximate surface area is 264 Å². The van der Waals surface area contributed by atoms with Crippen LogP contribution in [0.3, 0.4) is 0 Å². The van der Waals surface area contributed by atoms with E-state index in [1.54, 1.807) is 4.90 Å². The number of anilines is 1. The maximum absolute atomic E-state index is 15.4. The summed E-state index contributed by atoms with van der Waals surface area (Å²) >= 11 is 6.97. The average molecular weight is 634 g/mol. The Morgan fingerprint density at radius 1 is 1.16 bits per heavy atom. The molecule has 0 spiro atoms. The molecule has 2 unspecified atom stereocenters. The standard InChI is InChI=1S/C32H33ClFN7O4/c1-7-21(43)39-12-18-13-45-29-23-30(40(18)11-17(39)6)38-32(44)41(28-25(15(2)3)35-14-36-26(28)16(4)5)31(23)37-27(24(29)33)22-19(34)9-8-10-20(22)42/h7-10,14-18,42H,1,11-13H2,2-6H3. The summed E-state index contributed by atoms with van der Waals surface area (Å²) in [5, 5.41) is 11.1. The highest BCUT2D eigenvalue weighted by Gasteiger charge is 2.40. The number of aromatic nitrogens is 5. The molecule has 6 rings (SSSR count). The van der Waals surface area contributed by atoms with Crippen LogP contribution in [0.1, 0.15) is 57.8 Å². The molecule has 13 heteroatoms. The fourth-order valence-corrected chi connectivity index (χ4v) is 6.45. The largest absolute Gasteiger partial charge is 0.507 e. The minimum atomic E-state index is -0.758. The van der Waals surface area contributed by atoms with Crippen molar-refractivity contribution in [2.75, 3.05) is 24.6 Å². The van der Waals surface area contributed by atoms with Gasteiger partial charge < -0.3 is 19.6 Å². The van der Waals surface area contributed by atoms with Crippen LogP contribution >= 0.6 is 11.6 Å². The molecule has 4 aromatic rings. The number of rotatable bonds is 5. The van der Waals surface area contributed by atoms with E-state index in [0.717, 1.165) is 0 Å². The van der Waals surface area contributed by atoms with Gasteiger partial charge in [0.05, 0.1) is 28.7 Å². The molecule has 1 N–H and O–H groups in total. The van der Waals surface area contributed by atoms with Crippen molar-refractivity contribution < 1.29 is 19.0 Å². The first-order chi connectivity index (χ1) is 21.4. The van der Waals surface area contributed by atoms with Crippen molar-refractivity contribution in [1.82, 2.24) is 29.4 Å². The van der Waals surface area contributed by atoms with E-state index in [4.69, 9.17) is 21.3 Å². The highest BCUT2D eigenvalue weighted by Crippen LogP contribution is 2.47. The molecule has 1 amide bonds. The Kier molecular flexibility index (Phi) is 7.72. The smallest absolute Gasteiger partial charge is 0.355 e. The van der Waals surface area contributed by atoms with Crippen molar-refractivity contribution in [2.45, 2.75) is 58.5 Å². The maximum Gasteiger partial charge on any atom is 0.355 e. The van der Waals surface area contributed by atoms with Crippen molar-refractivity contribution in [3.8, 4) is 28.4 Å². The number of amides is 1. The summed E-state index contributed by atoms with van der Waals surface area (Å²) in [7, 11) is 0. The molecule has 234 valence electrons. The summed E-state index contributed by atoms with van der Waals surface area (Å²) in [4.78, 5) is 49.1. The summed E-state index contributed by atoms with van der Waals surface area (Å²) in [6, 6.07) is 3.24. The number of aromatic hydroxyl groups is 1. The molecule has 2 atom stereocenters. The SMILES string of the molecule is C=CC(=O)N1CC2COc3c(Cl)c(-c4c(O)cccc4F)nc4c3c(nc(=O)n4-c3c(C(C)C)ncnc3C(C)C)N2CC1C. The molecule has 1 aromatic carbocycles. The van der Waals surface area contributed by atoms with Gasteiger partial charge in [0.15, 0.2) is 11.4 Å². The van der Waals surface area contributed by atoms with Crippen LogP contribution in [-0.2, 0) is 4.79 Å². The van der Waals surface area contributed by atoms with E-state index in [0.29, 0.717) is 29.0 Å². The molecule has 11 nitrogen and oxygen atoms in total. The summed E-state index contributed by atoms with van der Waals surface area (Å²) in [5.41, 5.74) is 0.713. The highest BCUT2D eigenvalue weighted by molar-refractivity contribution is 6.36. The average Bonchev–Trinajstić information content (AvgIpc) is 3.15. The van der Waals surface area contributed by atoms with Crippen LogP contribution in [0.4, 0.5) is 10.2 Å². The molecule has 0 aliphatic carbocycles. The summed E-state index contributed by atoms with van der Waals surface area (Å²) in [6.07, 6.45) is 2.74. The topological polar surface area (TPSA) is 127 Å². The molecular formula is C32H33ClFN7O4. The number of hydrogen-bond acceptors (Lipinski definition) is 9. The number of phenols is 1. The number of hydrogen-bond donors (Lipinski definition) is 1. The van der Waals surface area contributed by atoms with Crippen LogP contribution in [0, 0.1) is 5.82 Å². The van der Waals surface area contributed by atoms with E-state index in [1.165, 1.54) is 35.2 Å². The van der Waals surface area contributed by atoms with E-state index in [-0.39, 0.29) is 76.2 Å². The third-order valence-corrected chi connectivity index (χ3v) is 8.67. The number of pyridine rings is 1. The van der Waals surface area contributed by atoms with Gasteiger partial charge in [-0.2, -0.15) is 4.98 Å². The molecule has 3 aromatic heterocycles. The normalized spacial score (nSPS) is 17.8. The maximum atomic E-state index is 15.4. The number of ether oxygens (including phenoxy) is 1. The van der Waals surface area contributed by atoms with Gasteiger partial charge in [0.25, 0.3) is 0 Å². The second-order valence-electron chi connectivity index (χ2n) is 12.0. The molecule has 0 saturated carbocycles. The number of nitrogens with zero attached hydrogens (tertiary/aromatic N) is 7. The van der Waals surface area contributed by atoms with E-state index in [9.17, 15) is 14.7 Å². The lowest BCUT2D eigenvalue weighted by Crippen LogP contribution is -2.60. The third-order valence-electron chi connectivity index (χ3n) is 8.32. The molecule has 2 aliphatic heterocycles. The Morgan fingerprint density at radius 3 is 2.47 bits per heavy atom. The van der Waals surface area contributed by atoms with Crippen LogP contribution in [0.5, 0.6) is 11.5 Å². The molecular weight excluding hydrogens is 601 g/mol. The first-order valence-corrected chi connectivity index (χ1v) is 15.1. The number of phenolic OH excluding ortho intramolecular Hbond substituents is 1. The van der Waals surface area contributed by atoms with E-state index in [2.05, 4.69) is 21.5 Å². The monoisotopic (exact) mass is 633 g/mol. The molecule has 5 heterocycles.